The van der Waals surface area contributed by atoms with Crippen LogP contribution in [0.5, 0.6) is 0 Å². The van der Waals surface area contributed by atoms with Gasteiger partial charge in [-0.2, -0.15) is 0 Å². The second kappa shape index (κ2) is 8.35. The molecule has 2 aliphatic rings. The van der Waals surface area contributed by atoms with Gasteiger partial charge in [0.1, 0.15) is 0 Å². The number of ether oxygens (including phenoxy) is 1. The Labute approximate surface area is 124 Å². The Morgan fingerprint density at radius 1 is 1.20 bits per heavy atom. The third kappa shape index (κ3) is 4.71. The molecule has 1 heterocycles. The Morgan fingerprint density at radius 2 is 2.00 bits per heavy atom. The molecule has 0 aromatic heterocycles. The van der Waals surface area contributed by atoms with Gasteiger partial charge in [-0.1, -0.05) is 32.6 Å². The smallest absolute Gasteiger partial charge is 0.0708 e. The van der Waals surface area contributed by atoms with Crippen LogP contribution in [0.25, 0.3) is 0 Å². The van der Waals surface area contributed by atoms with Crippen LogP contribution in [0, 0.1) is 5.92 Å². The van der Waals surface area contributed by atoms with Crippen LogP contribution in [-0.2, 0) is 4.74 Å². The van der Waals surface area contributed by atoms with Gasteiger partial charge in [0.25, 0.3) is 0 Å². The Bertz CT molecular complexity index is 258. The van der Waals surface area contributed by atoms with Crippen LogP contribution < -0.4 is 5.32 Å². The van der Waals surface area contributed by atoms with E-state index in [-0.39, 0.29) is 5.60 Å². The van der Waals surface area contributed by atoms with Crippen LogP contribution >= 0.6 is 0 Å². The maximum atomic E-state index is 9.09. The fourth-order valence-electron chi connectivity index (χ4n) is 3.99. The minimum absolute atomic E-state index is 0.249. The van der Waals surface area contributed by atoms with Gasteiger partial charge in [0, 0.05) is 13.2 Å². The molecule has 3 nitrogen and oxygen atoms in total. The Hall–Kier alpha value is -0.120. The molecule has 20 heavy (non-hydrogen) atoms. The van der Waals surface area contributed by atoms with E-state index in [1.165, 1.54) is 57.8 Å². The largest absolute Gasteiger partial charge is 0.396 e. The fraction of sp³-hybridized carbons (Fsp3) is 1.00. The molecule has 2 unspecified atom stereocenters. The standard InChI is InChI=1S/C17H33NO2/c1-2-6-15(8-12-19)13-18-14-16-7-11-17(20-16)9-4-3-5-10-17/h15-16,18-19H,2-14H2,1H3. The first-order chi connectivity index (χ1) is 9.78. The molecule has 0 amide bonds. The van der Waals surface area contributed by atoms with Crippen LogP contribution in [0.1, 0.15) is 71.1 Å². The molecule has 2 rings (SSSR count). The van der Waals surface area contributed by atoms with E-state index < -0.39 is 0 Å². The molecule has 1 saturated carbocycles. The van der Waals surface area contributed by atoms with Gasteiger partial charge in [0.15, 0.2) is 0 Å². The van der Waals surface area contributed by atoms with E-state index >= 15 is 0 Å². The highest BCUT2D eigenvalue weighted by Crippen LogP contribution is 2.41. The first-order valence-electron chi connectivity index (χ1n) is 8.77. The van der Waals surface area contributed by atoms with E-state index in [2.05, 4.69) is 12.2 Å². The number of hydrogen-bond donors (Lipinski definition) is 2. The van der Waals surface area contributed by atoms with Crippen molar-refractivity contribution in [2.75, 3.05) is 19.7 Å². The van der Waals surface area contributed by atoms with Crippen molar-refractivity contribution in [3.63, 3.8) is 0 Å². The van der Waals surface area contributed by atoms with Crippen LogP contribution in [0.15, 0.2) is 0 Å². The zero-order valence-corrected chi connectivity index (χ0v) is 13.2. The molecule has 2 N–H and O–H groups in total. The number of nitrogens with one attached hydrogen (secondary N) is 1. The first kappa shape index (κ1) is 16.3. The Kier molecular flexibility index (Phi) is 6.79. The summed E-state index contributed by atoms with van der Waals surface area (Å²) in [5.74, 6) is 0.620. The van der Waals surface area contributed by atoms with Gasteiger partial charge in [-0.3, -0.25) is 0 Å². The fourth-order valence-corrected chi connectivity index (χ4v) is 3.99. The van der Waals surface area contributed by atoms with E-state index in [4.69, 9.17) is 9.84 Å². The summed E-state index contributed by atoms with van der Waals surface area (Å²) < 4.78 is 6.38. The molecule has 1 aliphatic carbocycles. The summed E-state index contributed by atoms with van der Waals surface area (Å²) >= 11 is 0. The summed E-state index contributed by atoms with van der Waals surface area (Å²) in [6.45, 7) is 4.56. The van der Waals surface area contributed by atoms with Crippen molar-refractivity contribution in [3.05, 3.63) is 0 Å². The molecule has 0 aromatic carbocycles. The molecule has 118 valence electrons. The van der Waals surface area contributed by atoms with E-state index in [9.17, 15) is 0 Å². The highest BCUT2D eigenvalue weighted by Gasteiger charge is 2.40. The monoisotopic (exact) mass is 283 g/mol. The molecule has 1 aliphatic heterocycles. The molecule has 3 heteroatoms. The van der Waals surface area contributed by atoms with Crippen molar-refractivity contribution >= 4 is 0 Å². The lowest BCUT2D eigenvalue weighted by Crippen LogP contribution is -2.36. The normalized spacial score (nSPS) is 27.0. The predicted octanol–water partition coefficient (Wildman–Crippen LogP) is 3.26. The summed E-state index contributed by atoms with van der Waals surface area (Å²) in [4.78, 5) is 0. The molecule has 1 saturated heterocycles. The van der Waals surface area contributed by atoms with Gasteiger partial charge in [-0.25, -0.2) is 0 Å². The number of rotatable bonds is 8. The lowest BCUT2D eigenvalue weighted by molar-refractivity contribution is -0.0625. The van der Waals surface area contributed by atoms with Crippen molar-refractivity contribution < 1.29 is 9.84 Å². The van der Waals surface area contributed by atoms with Crippen molar-refractivity contribution in [1.82, 2.24) is 5.32 Å². The van der Waals surface area contributed by atoms with E-state index in [0.29, 0.717) is 18.6 Å². The zero-order valence-electron chi connectivity index (χ0n) is 13.2. The molecule has 0 radical (unpaired) electrons. The summed E-state index contributed by atoms with van der Waals surface area (Å²) in [7, 11) is 0. The van der Waals surface area contributed by atoms with Crippen LogP contribution in [0.2, 0.25) is 0 Å². The van der Waals surface area contributed by atoms with Gasteiger partial charge in [0.2, 0.25) is 0 Å². The van der Waals surface area contributed by atoms with E-state index in [1.807, 2.05) is 0 Å². The van der Waals surface area contributed by atoms with Gasteiger partial charge in [-0.15, -0.1) is 0 Å². The maximum Gasteiger partial charge on any atom is 0.0708 e. The molecular weight excluding hydrogens is 250 g/mol. The minimum Gasteiger partial charge on any atom is -0.396 e. The number of aliphatic hydroxyl groups is 1. The van der Waals surface area contributed by atoms with Gasteiger partial charge < -0.3 is 15.2 Å². The number of hydrogen-bond acceptors (Lipinski definition) is 3. The van der Waals surface area contributed by atoms with Gasteiger partial charge in [-0.05, 0) is 51.0 Å². The lowest BCUT2D eigenvalue weighted by atomic mass is 9.83. The summed E-state index contributed by atoms with van der Waals surface area (Å²) in [6, 6.07) is 0. The van der Waals surface area contributed by atoms with Crippen LogP contribution in [0.4, 0.5) is 0 Å². The highest BCUT2D eigenvalue weighted by atomic mass is 16.5. The second-order valence-corrected chi connectivity index (χ2v) is 6.85. The molecular formula is C17H33NO2. The summed E-state index contributed by atoms with van der Waals surface area (Å²) in [5.41, 5.74) is 0.249. The van der Waals surface area contributed by atoms with Crippen molar-refractivity contribution in [2.24, 2.45) is 5.92 Å². The Morgan fingerprint density at radius 3 is 2.70 bits per heavy atom. The topological polar surface area (TPSA) is 41.5 Å². The SMILES string of the molecule is CCCC(CCO)CNCC1CCC2(CCCCC2)O1. The van der Waals surface area contributed by atoms with Crippen LogP contribution in [-0.4, -0.2) is 36.5 Å². The maximum absolute atomic E-state index is 9.09. The quantitative estimate of drug-likeness (QED) is 0.718. The van der Waals surface area contributed by atoms with Crippen molar-refractivity contribution in [3.8, 4) is 0 Å². The Balaban J connectivity index is 1.64. The van der Waals surface area contributed by atoms with Crippen molar-refractivity contribution in [1.29, 1.82) is 0 Å². The first-order valence-corrected chi connectivity index (χ1v) is 8.77. The summed E-state index contributed by atoms with van der Waals surface area (Å²) in [5, 5.41) is 12.7. The molecule has 1 spiro atoms. The summed E-state index contributed by atoms with van der Waals surface area (Å²) in [6.07, 6.45) is 12.9. The van der Waals surface area contributed by atoms with Gasteiger partial charge in [0.05, 0.1) is 11.7 Å². The zero-order chi connectivity index (χ0) is 14.3. The average Bonchev–Trinajstić information content (AvgIpc) is 2.83. The average molecular weight is 283 g/mol. The van der Waals surface area contributed by atoms with Crippen molar-refractivity contribution in [2.45, 2.75) is 82.8 Å². The molecule has 0 bridgehead atoms. The molecule has 0 aromatic rings. The second-order valence-electron chi connectivity index (χ2n) is 6.85. The van der Waals surface area contributed by atoms with Crippen LogP contribution in [0.3, 0.4) is 0 Å². The van der Waals surface area contributed by atoms with E-state index in [1.54, 1.807) is 0 Å². The van der Waals surface area contributed by atoms with E-state index in [0.717, 1.165) is 19.5 Å². The minimum atomic E-state index is 0.249. The lowest BCUT2D eigenvalue weighted by Gasteiger charge is -2.33. The third-order valence-electron chi connectivity index (χ3n) is 5.14. The predicted molar refractivity (Wildman–Crippen MR) is 82.9 cm³/mol. The van der Waals surface area contributed by atoms with Gasteiger partial charge >= 0.3 is 0 Å². The third-order valence-corrected chi connectivity index (χ3v) is 5.14. The number of aliphatic hydroxyl groups excluding tert-OH is 1. The molecule has 2 fully saturated rings. The highest BCUT2D eigenvalue weighted by molar-refractivity contribution is 4.91. The molecule has 2 atom stereocenters.